The highest BCUT2D eigenvalue weighted by Crippen LogP contribution is 2.25. The van der Waals surface area contributed by atoms with Crippen molar-refractivity contribution in [1.29, 1.82) is 0 Å². The lowest BCUT2D eigenvalue weighted by Gasteiger charge is -2.23. The number of benzene rings is 2. The van der Waals surface area contributed by atoms with Gasteiger partial charge in [0.05, 0.1) is 23.2 Å². The fourth-order valence-corrected chi connectivity index (χ4v) is 3.75. The second kappa shape index (κ2) is 7.38. The second-order valence-corrected chi connectivity index (χ2v) is 6.66. The summed E-state index contributed by atoms with van der Waals surface area (Å²) >= 11 is 0. The van der Waals surface area contributed by atoms with Gasteiger partial charge in [0.15, 0.2) is 0 Å². The lowest BCUT2D eigenvalue weighted by molar-refractivity contribution is 0.414. The van der Waals surface area contributed by atoms with Crippen LogP contribution in [0.5, 0.6) is 5.75 Å². The monoisotopic (exact) mass is 303 g/mol. The third-order valence-electron chi connectivity index (χ3n) is 3.57. The molecule has 0 aliphatic rings. The molecule has 0 aromatic heterocycles. The van der Waals surface area contributed by atoms with Crippen molar-refractivity contribution >= 4 is 10.8 Å². The van der Waals surface area contributed by atoms with Gasteiger partial charge >= 0.3 is 0 Å². The Kier molecular flexibility index (Phi) is 5.53. The minimum absolute atomic E-state index is 0.0363. The Labute approximate surface area is 128 Å². The van der Waals surface area contributed by atoms with Gasteiger partial charge in [-0.1, -0.05) is 30.3 Å². The SMILES string of the molecule is CNC(c1ccccc1)C(C)S(=O)c1ccc(OC)cc1. The molecule has 0 spiro atoms. The van der Waals surface area contributed by atoms with Crippen molar-refractivity contribution in [1.82, 2.24) is 5.32 Å². The number of ether oxygens (including phenoxy) is 1. The van der Waals surface area contributed by atoms with Gasteiger partial charge in [0.25, 0.3) is 0 Å². The summed E-state index contributed by atoms with van der Waals surface area (Å²) in [5.74, 6) is 0.775. The first-order valence-corrected chi connectivity index (χ1v) is 8.15. The average molecular weight is 303 g/mol. The average Bonchev–Trinajstić information content (AvgIpc) is 2.56. The first-order valence-electron chi connectivity index (χ1n) is 6.94. The van der Waals surface area contributed by atoms with Crippen molar-refractivity contribution < 1.29 is 8.95 Å². The maximum Gasteiger partial charge on any atom is 0.118 e. The zero-order chi connectivity index (χ0) is 15.2. The molecule has 0 bridgehead atoms. The van der Waals surface area contributed by atoms with Crippen LogP contribution in [0.3, 0.4) is 0 Å². The zero-order valence-corrected chi connectivity index (χ0v) is 13.4. The van der Waals surface area contributed by atoms with Gasteiger partial charge < -0.3 is 10.1 Å². The van der Waals surface area contributed by atoms with Crippen LogP contribution in [0.2, 0.25) is 0 Å². The topological polar surface area (TPSA) is 38.3 Å². The molecule has 0 aliphatic heterocycles. The molecule has 0 saturated carbocycles. The first-order chi connectivity index (χ1) is 10.2. The highest BCUT2D eigenvalue weighted by Gasteiger charge is 2.24. The zero-order valence-electron chi connectivity index (χ0n) is 12.6. The molecule has 1 N–H and O–H groups in total. The summed E-state index contributed by atoms with van der Waals surface area (Å²) in [6.07, 6.45) is 0. The molecule has 0 saturated heterocycles. The normalized spacial score (nSPS) is 15.2. The molecular weight excluding hydrogens is 282 g/mol. The van der Waals surface area contributed by atoms with Crippen LogP contribution in [0.4, 0.5) is 0 Å². The maximum atomic E-state index is 12.7. The Bertz CT molecular complexity index is 583. The second-order valence-electron chi connectivity index (χ2n) is 4.86. The van der Waals surface area contributed by atoms with E-state index in [1.807, 2.05) is 56.4 Å². The van der Waals surface area contributed by atoms with E-state index in [1.165, 1.54) is 0 Å². The van der Waals surface area contributed by atoms with Crippen molar-refractivity contribution in [3.63, 3.8) is 0 Å². The molecule has 112 valence electrons. The van der Waals surface area contributed by atoms with Crippen molar-refractivity contribution in [2.24, 2.45) is 0 Å². The van der Waals surface area contributed by atoms with E-state index < -0.39 is 10.8 Å². The molecule has 2 aromatic carbocycles. The van der Waals surface area contributed by atoms with Crippen LogP contribution in [-0.2, 0) is 10.8 Å². The predicted octanol–water partition coefficient (Wildman–Crippen LogP) is 3.15. The highest BCUT2D eigenvalue weighted by atomic mass is 32.2. The van der Waals surface area contributed by atoms with Crippen molar-refractivity contribution in [3.8, 4) is 5.75 Å². The van der Waals surface area contributed by atoms with Crippen LogP contribution in [0, 0.1) is 0 Å². The van der Waals surface area contributed by atoms with E-state index >= 15 is 0 Å². The van der Waals surface area contributed by atoms with Gasteiger partial charge in [0.1, 0.15) is 5.75 Å². The summed E-state index contributed by atoms with van der Waals surface area (Å²) in [6, 6.07) is 17.6. The number of hydrogen-bond acceptors (Lipinski definition) is 3. The van der Waals surface area contributed by atoms with Gasteiger partial charge in [-0.05, 0) is 43.8 Å². The molecule has 0 fully saturated rings. The van der Waals surface area contributed by atoms with E-state index in [2.05, 4.69) is 17.4 Å². The molecule has 2 aromatic rings. The maximum absolute atomic E-state index is 12.7. The molecule has 0 aliphatic carbocycles. The van der Waals surface area contributed by atoms with Crippen molar-refractivity contribution in [2.45, 2.75) is 23.1 Å². The molecule has 3 nitrogen and oxygen atoms in total. The molecule has 0 radical (unpaired) electrons. The van der Waals surface area contributed by atoms with E-state index in [1.54, 1.807) is 7.11 Å². The van der Waals surface area contributed by atoms with Crippen LogP contribution >= 0.6 is 0 Å². The lowest BCUT2D eigenvalue weighted by atomic mass is 10.0. The van der Waals surface area contributed by atoms with E-state index in [-0.39, 0.29) is 11.3 Å². The molecule has 0 heterocycles. The Morgan fingerprint density at radius 2 is 1.67 bits per heavy atom. The lowest BCUT2D eigenvalue weighted by Crippen LogP contribution is -2.30. The van der Waals surface area contributed by atoms with Crippen LogP contribution in [0.15, 0.2) is 59.5 Å². The Morgan fingerprint density at radius 3 is 2.19 bits per heavy atom. The molecule has 4 heteroatoms. The minimum atomic E-state index is -1.09. The van der Waals surface area contributed by atoms with Crippen LogP contribution in [0.25, 0.3) is 0 Å². The summed E-state index contributed by atoms with van der Waals surface area (Å²) < 4.78 is 17.9. The first kappa shape index (κ1) is 15.7. The third kappa shape index (κ3) is 3.71. The molecule has 3 atom stereocenters. The van der Waals surface area contributed by atoms with E-state index in [4.69, 9.17) is 4.74 Å². The minimum Gasteiger partial charge on any atom is -0.497 e. The molecule has 0 amide bonds. The Morgan fingerprint density at radius 1 is 1.05 bits per heavy atom. The quantitative estimate of drug-likeness (QED) is 0.891. The molecule has 21 heavy (non-hydrogen) atoms. The van der Waals surface area contributed by atoms with Gasteiger partial charge in [-0.3, -0.25) is 4.21 Å². The van der Waals surface area contributed by atoms with Gasteiger partial charge in [-0.15, -0.1) is 0 Å². The molecular formula is C17H21NO2S. The fraction of sp³-hybridized carbons (Fsp3) is 0.294. The van der Waals surface area contributed by atoms with E-state index in [0.717, 1.165) is 16.2 Å². The molecule has 3 unspecified atom stereocenters. The van der Waals surface area contributed by atoms with Gasteiger partial charge in [-0.2, -0.15) is 0 Å². The Hall–Kier alpha value is -1.65. The number of methoxy groups -OCH3 is 1. The van der Waals surface area contributed by atoms with Gasteiger partial charge in [0.2, 0.25) is 0 Å². The number of hydrogen-bond donors (Lipinski definition) is 1. The van der Waals surface area contributed by atoms with E-state index in [9.17, 15) is 4.21 Å². The summed E-state index contributed by atoms with van der Waals surface area (Å²) in [5, 5.41) is 3.24. The highest BCUT2D eigenvalue weighted by molar-refractivity contribution is 7.85. The largest absolute Gasteiger partial charge is 0.497 e. The van der Waals surface area contributed by atoms with Crippen LogP contribution in [-0.4, -0.2) is 23.6 Å². The summed E-state index contributed by atoms with van der Waals surface area (Å²) in [7, 11) is 2.44. The van der Waals surface area contributed by atoms with Gasteiger partial charge in [-0.25, -0.2) is 0 Å². The Balaban J connectivity index is 2.20. The summed E-state index contributed by atoms with van der Waals surface area (Å²) in [4.78, 5) is 0.819. The summed E-state index contributed by atoms with van der Waals surface area (Å²) in [5.41, 5.74) is 1.15. The van der Waals surface area contributed by atoms with Crippen molar-refractivity contribution in [3.05, 3.63) is 60.2 Å². The van der Waals surface area contributed by atoms with Crippen LogP contribution < -0.4 is 10.1 Å². The smallest absolute Gasteiger partial charge is 0.118 e. The third-order valence-corrected chi connectivity index (χ3v) is 5.25. The van der Waals surface area contributed by atoms with Crippen molar-refractivity contribution in [2.75, 3.05) is 14.2 Å². The summed E-state index contributed by atoms with van der Waals surface area (Å²) in [6.45, 7) is 2.01. The fourth-order valence-electron chi connectivity index (χ4n) is 2.38. The number of rotatable bonds is 6. The van der Waals surface area contributed by atoms with Crippen LogP contribution in [0.1, 0.15) is 18.5 Å². The van der Waals surface area contributed by atoms with Gasteiger partial charge in [0, 0.05) is 10.9 Å². The molecule has 2 rings (SSSR count). The standard InChI is InChI=1S/C17H21NO2S/c1-13(17(18-2)14-7-5-4-6-8-14)21(19)16-11-9-15(20-3)10-12-16/h4-13,17-18H,1-3H3. The number of nitrogens with one attached hydrogen (secondary N) is 1. The van der Waals surface area contributed by atoms with E-state index in [0.29, 0.717) is 0 Å². The predicted molar refractivity (Wildman–Crippen MR) is 87.1 cm³/mol.